The van der Waals surface area contributed by atoms with Crippen molar-refractivity contribution in [2.45, 2.75) is 46.1 Å². The van der Waals surface area contributed by atoms with Crippen LogP contribution in [0.15, 0.2) is 33.8 Å². The highest BCUT2D eigenvalue weighted by atomic mass is 127. The van der Waals surface area contributed by atoms with Gasteiger partial charge >= 0.3 is 0 Å². The number of hydrogen-bond donors (Lipinski definition) is 2. The Kier molecular flexibility index (Phi) is 9.42. The first-order valence-corrected chi connectivity index (χ1v) is 10.1. The Balaban J connectivity index is 0.00000300. The lowest BCUT2D eigenvalue weighted by Crippen LogP contribution is -2.42. The first kappa shape index (κ1) is 23.7. The minimum atomic E-state index is 0. The molecule has 1 aliphatic rings. The van der Waals surface area contributed by atoms with Gasteiger partial charge in [0.1, 0.15) is 5.76 Å². The van der Waals surface area contributed by atoms with Gasteiger partial charge in [0, 0.05) is 38.2 Å². The number of hydrogen-bond acceptors (Lipinski definition) is 4. The summed E-state index contributed by atoms with van der Waals surface area (Å²) in [5, 5.41) is 10.9. The van der Waals surface area contributed by atoms with Crippen LogP contribution in [0.2, 0.25) is 0 Å². The SMILES string of the molecule is CN=C(NCCc1c(C)noc1C)NCC1CCCOC1c1ccc(C)cc1.I. The highest BCUT2D eigenvalue weighted by Gasteiger charge is 2.27. The molecule has 1 saturated heterocycles. The van der Waals surface area contributed by atoms with Crippen molar-refractivity contribution < 1.29 is 9.26 Å². The Hall–Kier alpha value is -1.61. The summed E-state index contributed by atoms with van der Waals surface area (Å²) in [6.07, 6.45) is 3.26. The van der Waals surface area contributed by atoms with E-state index in [0.717, 1.165) is 56.4 Å². The molecule has 1 fully saturated rings. The van der Waals surface area contributed by atoms with E-state index in [4.69, 9.17) is 9.26 Å². The molecule has 0 radical (unpaired) electrons. The molecule has 2 aromatic rings. The average molecular weight is 512 g/mol. The summed E-state index contributed by atoms with van der Waals surface area (Å²) in [5.41, 5.74) is 4.67. The third kappa shape index (κ3) is 6.44. The zero-order valence-electron chi connectivity index (χ0n) is 17.8. The first-order valence-electron chi connectivity index (χ1n) is 10.1. The standard InChI is InChI=1S/C22H32N4O2.HI/c1-15-7-9-18(10-8-15)21-19(6-5-13-27-21)14-25-22(23-4)24-12-11-20-16(2)26-28-17(20)3;/h7-10,19,21H,5-6,11-14H2,1-4H3,(H2,23,24,25);1H. The predicted octanol–water partition coefficient (Wildman–Crippen LogP) is 4.09. The maximum Gasteiger partial charge on any atom is 0.190 e. The molecule has 0 amide bonds. The number of guanidine groups is 1. The molecule has 6 nitrogen and oxygen atoms in total. The van der Waals surface area contributed by atoms with Gasteiger partial charge in [0.25, 0.3) is 0 Å². The lowest BCUT2D eigenvalue weighted by molar-refractivity contribution is -0.0265. The zero-order valence-corrected chi connectivity index (χ0v) is 20.2. The van der Waals surface area contributed by atoms with E-state index in [0.29, 0.717) is 5.92 Å². The van der Waals surface area contributed by atoms with Crippen LogP contribution in [0.3, 0.4) is 0 Å². The molecule has 2 atom stereocenters. The summed E-state index contributed by atoms with van der Waals surface area (Å²) in [5.74, 6) is 2.14. The summed E-state index contributed by atoms with van der Waals surface area (Å²) >= 11 is 0. The van der Waals surface area contributed by atoms with Crippen LogP contribution in [0, 0.1) is 26.7 Å². The van der Waals surface area contributed by atoms with Crippen LogP contribution in [0.5, 0.6) is 0 Å². The van der Waals surface area contributed by atoms with Gasteiger partial charge in [0.15, 0.2) is 5.96 Å². The Morgan fingerprint density at radius 2 is 1.93 bits per heavy atom. The highest BCUT2D eigenvalue weighted by molar-refractivity contribution is 14.0. The number of nitrogens with one attached hydrogen (secondary N) is 2. The number of nitrogens with zero attached hydrogens (tertiary/aromatic N) is 2. The molecule has 0 bridgehead atoms. The van der Waals surface area contributed by atoms with Gasteiger partial charge in [-0.3, -0.25) is 4.99 Å². The molecular formula is C22H33IN4O2. The summed E-state index contributed by atoms with van der Waals surface area (Å²) in [7, 11) is 1.81. The number of aliphatic imine (C=N–C) groups is 1. The monoisotopic (exact) mass is 512 g/mol. The maximum absolute atomic E-state index is 6.12. The molecule has 2 unspecified atom stereocenters. The molecular weight excluding hydrogens is 479 g/mol. The minimum Gasteiger partial charge on any atom is -0.373 e. The number of halogens is 1. The van der Waals surface area contributed by atoms with Crippen LogP contribution in [0.4, 0.5) is 0 Å². The predicted molar refractivity (Wildman–Crippen MR) is 127 cm³/mol. The molecule has 2 heterocycles. The van der Waals surface area contributed by atoms with Crippen molar-refractivity contribution in [2.24, 2.45) is 10.9 Å². The Morgan fingerprint density at radius 3 is 2.59 bits per heavy atom. The highest BCUT2D eigenvalue weighted by Crippen LogP contribution is 2.33. The van der Waals surface area contributed by atoms with Crippen molar-refractivity contribution in [2.75, 3.05) is 26.7 Å². The molecule has 0 aliphatic carbocycles. The van der Waals surface area contributed by atoms with Gasteiger partial charge in [0.2, 0.25) is 0 Å². The molecule has 1 aromatic carbocycles. The third-order valence-corrected chi connectivity index (χ3v) is 5.45. The summed E-state index contributed by atoms with van der Waals surface area (Å²) in [6.45, 7) is 8.50. The fraction of sp³-hybridized carbons (Fsp3) is 0.545. The molecule has 0 saturated carbocycles. The van der Waals surface area contributed by atoms with Gasteiger partial charge < -0.3 is 19.9 Å². The van der Waals surface area contributed by atoms with Crippen LogP contribution < -0.4 is 10.6 Å². The van der Waals surface area contributed by atoms with Gasteiger partial charge in [-0.2, -0.15) is 0 Å². The second-order valence-electron chi connectivity index (χ2n) is 7.54. The third-order valence-electron chi connectivity index (χ3n) is 5.45. The number of aryl methyl sites for hydroxylation is 3. The minimum absolute atomic E-state index is 0. The van der Waals surface area contributed by atoms with Crippen LogP contribution >= 0.6 is 24.0 Å². The van der Waals surface area contributed by atoms with Crippen molar-refractivity contribution in [1.82, 2.24) is 15.8 Å². The van der Waals surface area contributed by atoms with Crippen molar-refractivity contribution in [3.8, 4) is 0 Å². The van der Waals surface area contributed by atoms with E-state index in [1.165, 1.54) is 16.7 Å². The molecule has 160 valence electrons. The maximum atomic E-state index is 6.12. The Morgan fingerprint density at radius 1 is 1.17 bits per heavy atom. The lowest BCUT2D eigenvalue weighted by atomic mass is 9.89. The van der Waals surface area contributed by atoms with E-state index in [9.17, 15) is 0 Å². The van der Waals surface area contributed by atoms with E-state index < -0.39 is 0 Å². The van der Waals surface area contributed by atoms with E-state index in [-0.39, 0.29) is 30.1 Å². The van der Waals surface area contributed by atoms with Gasteiger partial charge in [-0.05, 0) is 45.6 Å². The van der Waals surface area contributed by atoms with E-state index in [1.807, 2.05) is 13.8 Å². The normalized spacial score (nSPS) is 19.5. The van der Waals surface area contributed by atoms with Crippen LogP contribution in [-0.2, 0) is 11.2 Å². The van der Waals surface area contributed by atoms with Crippen LogP contribution in [0.1, 0.15) is 47.1 Å². The van der Waals surface area contributed by atoms with Crippen molar-refractivity contribution in [3.63, 3.8) is 0 Å². The van der Waals surface area contributed by atoms with Crippen molar-refractivity contribution >= 4 is 29.9 Å². The van der Waals surface area contributed by atoms with Crippen molar-refractivity contribution in [3.05, 3.63) is 52.4 Å². The zero-order chi connectivity index (χ0) is 19.9. The van der Waals surface area contributed by atoms with Crippen LogP contribution in [-0.4, -0.2) is 37.9 Å². The van der Waals surface area contributed by atoms with E-state index in [2.05, 4.69) is 52.0 Å². The second kappa shape index (κ2) is 11.5. The Bertz CT molecular complexity index is 769. The molecule has 2 N–H and O–H groups in total. The topological polar surface area (TPSA) is 71.7 Å². The van der Waals surface area contributed by atoms with E-state index in [1.54, 1.807) is 7.05 Å². The smallest absolute Gasteiger partial charge is 0.190 e. The van der Waals surface area contributed by atoms with Gasteiger partial charge in [-0.15, -0.1) is 24.0 Å². The van der Waals surface area contributed by atoms with E-state index >= 15 is 0 Å². The van der Waals surface area contributed by atoms with Crippen LogP contribution in [0.25, 0.3) is 0 Å². The fourth-order valence-corrected chi connectivity index (χ4v) is 3.79. The molecule has 29 heavy (non-hydrogen) atoms. The summed E-state index contributed by atoms with van der Waals surface area (Å²) < 4.78 is 11.4. The lowest BCUT2D eigenvalue weighted by Gasteiger charge is -2.32. The molecule has 1 aromatic heterocycles. The van der Waals surface area contributed by atoms with Gasteiger partial charge in [-0.25, -0.2) is 0 Å². The summed E-state index contributed by atoms with van der Waals surface area (Å²) in [6, 6.07) is 8.70. The number of aromatic nitrogens is 1. The number of ether oxygens (including phenoxy) is 1. The van der Waals surface area contributed by atoms with Gasteiger partial charge in [-0.1, -0.05) is 35.0 Å². The molecule has 1 aliphatic heterocycles. The molecule has 7 heteroatoms. The number of benzene rings is 1. The average Bonchev–Trinajstić information content (AvgIpc) is 3.03. The quantitative estimate of drug-likeness (QED) is 0.347. The van der Waals surface area contributed by atoms with Gasteiger partial charge in [0.05, 0.1) is 11.8 Å². The summed E-state index contributed by atoms with van der Waals surface area (Å²) in [4.78, 5) is 4.36. The Labute approximate surface area is 190 Å². The molecule has 3 rings (SSSR count). The second-order valence-corrected chi connectivity index (χ2v) is 7.54. The largest absolute Gasteiger partial charge is 0.373 e. The fourth-order valence-electron chi connectivity index (χ4n) is 3.79. The first-order chi connectivity index (χ1) is 13.6. The van der Waals surface area contributed by atoms with Crippen molar-refractivity contribution in [1.29, 1.82) is 0 Å². The molecule has 0 spiro atoms. The number of rotatable bonds is 6.